The minimum Gasteiger partial charge on any atom is -0.463 e. The first kappa shape index (κ1) is 12.6. The maximum absolute atomic E-state index is 5.26. The molecule has 3 rings (SSSR count). The van der Waals surface area contributed by atoms with Crippen molar-refractivity contribution in [1.82, 2.24) is 4.68 Å². The summed E-state index contributed by atoms with van der Waals surface area (Å²) in [6, 6.07) is 13.8. The van der Waals surface area contributed by atoms with E-state index in [1.165, 1.54) is 0 Å². The normalized spacial score (nSPS) is 12.3. The van der Waals surface area contributed by atoms with Gasteiger partial charge in [0.1, 0.15) is 5.76 Å². The highest BCUT2D eigenvalue weighted by Gasteiger charge is 2.06. The SMILES string of the molecule is CN=c1scc(-c2ccccc2)n1N=Cc1ccco1. The molecule has 3 aromatic rings. The Morgan fingerprint density at radius 1 is 1.15 bits per heavy atom. The van der Waals surface area contributed by atoms with Crippen LogP contribution >= 0.6 is 11.3 Å². The molecular formula is C15H13N3OS. The second kappa shape index (κ2) is 5.71. The Hall–Kier alpha value is -2.40. The van der Waals surface area contributed by atoms with Crippen molar-refractivity contribution in [3.05, 3.63) is 64.7 Å². The Labute approximate surface area is 120 Å². The number of hydrogen-bond donors (Lipinski definition) is 0. The Morgan fingerprint density at radius 3 is 2.70 bits per heavy atom. The van der Waals surface area contributed by atoms with E-state index in [1.807, 2.05) is 35.0 Å². The van der Waals surface area contributed by atoms with Gasteiger partial charge in [-0.05, 0) is 12.1 Å². The average molecular weight is 283 g/mol. The van der Waals surface area contributed by atoms with Crippen LogP contribution in [0, 0.1) is 0 Å². The monoisotopic (exact) mass is 283 g/mol. The minimum absolute atomic E-state index is 0.713. The fourth-order valence-electron chi connectivity index (χ4n) is 1.85. The largest absolute Gasteiger partial charge is 0.463 e. The van der Waals surface area contributed by atoms with Crippen molar-refractivity contribution in [3.63, 3.8) is 0 Å². The van der Waals surface area contributed by atoms with Gasteiger partial charge in [-0.3, -0.25) is 4.99 Å². The highest BCUT2D eigenvalue weighted by Crippen LogP contribution is 2.19. The highest BCUT2D eigenvalue weighted by molar-refractivity contribution is 7.07. The van der Waals surface area contributed by atoms with Crippen LogP contribution in [0.3, 0.4) is 0 Å². The van der Waals surface area contributed by atoms with Crippen molar-refractivity contribution >= 4 is 17.6 Å². The molecule has 0 amide bonds. The van der Waals surface area contributed by atoms with Crippen molar-refractivity contribution < 1.29 is 4.42 Å². The van der Waals surface area contributed by atoms with E-state index in [2.05, 4.69) is 27.6 Å². The van der Waals surface area contributed by atoms with Crippen molar-refractivity contribution in [2.45, 2.75) is 0 Å². The van der Waals surface area contributed by atoms with Crippen LogP contribution < -0.4 is 4.80 Å². The van der Waals surface area contributed by atoms with E-state index >= 15 is 0 Å². The van der Waals surface area contributed by atoms with Gasteiger partial charge in [-0.15, -0.1) is 11.3 Å². The number of benzene rings is 1. The first-order valence-electron chi connectivity index (χ1n) is 6.15. The Balaban J connectivity index is 2.07. The second-order valence-electron chi connectivity index (χ2n) is 4.06. The number of furan rings is 1. The van der Waals surface area contributed by atoms with E-state index in [0.717, 1.165) is 16.1 Å². The summed E-state index contributed by atoms with van der Waals surface area (Å²) >= 11 is 1.56. The number of hydrogen-bond acceptors (Lipinski definition) is 4. The maximum Gasteiger partial charge on any atom is 0.205 e. The van der Waals surface area contributed by atoms with Crippen LogP contribution in [0.1, 0.15) is 5.76 Å². The van der Waals surface area contributed by atoms with Crippen molar-refractivity contribution in [1.29, 1.82) is 0 Å². The van der Waals surface area contributed by atoms with Crippen LogP contribution in [-0.4, -0.2) is 17.9 Å². The minimum atomic E-state index is 0.713. The molecule has 0 atom stereocenters. The van der Waals surface area contributed by atoms with Gasteiger partial charge in [0, 0.05) is 18.0 Å². The van der Waals surface area contributed by atoms with Gasteiger partial charge in [0.05, 0.1) is 18.2 Å². The molecule has 0 saturated carbocycles. The lowest BCUT2D eigenvalue weighted by Gasteiger charge is -2.02. The molecule has 100 valence electrons. The van der Waals surface area contributed by atoms with Gasteiger partial charge in [0.2, 0.25) is 4.80 Å². The highest BCUT2D eigenvalue weighted by atomic mass is 32.1. The molecule has 0 aliphatic rings. The van der Waals surface area contributed by atoms with Gasteiger partial charge in [0.25, 0.3) is 0 Å². The standard InChI is InChI=1S/C15H13N3OS/c1-16-15-18(17-10-13-8-5-9-19-13)14(11-20-15)12-6-3-2-4-7-12/h2-11H,1H3. The average Bonchev–Trinajstić information content (AvgIpc) is 3.15. The molecule has 4 nitrogen and oxygen atoms in total. The van der Waals surface area contributed by atoms with Crippen molar-refractivity contribution in [2.75, 3.05) is 7.05 Å². The van der Waals surface area contributed by atoms with Gasteiger partial charge >= 0.3 is 0 Å². The van der Waals surface area contributed by atoms with E-state index in [1.54, 1.807) is 30.9 Å². The molecule has 0 aliphatic carbocycles. The topological polar surface area (TPSA) is 42.8 Å². The summed E-state index contributed by atoms with van der Waals surface area (Å²) in [6.07, 6.45) is 3.32. The molecule has 1 aromatic carbocycles. The second-order valence-corrected chi connectivity index (χ2v) is 4.90. The first-order valence-corrected chi connectivity index (χ1v) is 7.03. The quantitative estimate of drug-likeness (QED) is 0.680. The fraction of sp³-hybridized carbons (Fsp3) is 0.0667. The third kappa shape index (κ3) is 2.48. The smallest absolute Gasteiger partial charge is 0.205 e. The summed E-state index contributed by atoms with van der Waals surface area (Å²) in [5.41, 5.74) is 2.12. The van der Waals surface area contributed by atoms with Gasteiger partial charge in [-0.1, -0.05) is 30.3 Å². The molecule has 0 fully saturated rings. The summed E-state index contributed by atoms with van der Waals surface area (Å²) < 4.78 is 7.08. The zero-order chi connectivity index (χ0) is 13.8. The van der Waals surface area contributed by atoms with E-state index in [4.69, 9.17) is 4.42 Å². The van der Waals surface area contributed by atoms with E-state index in [-0.39, 0.29) is 0 Å². The number of rotatable bonds is 3. The van der Waals surface area contributed by atoms with Crippen molar-refractivity contribution in [2.24, 2.45) is 10.1 Å². The molecule has 0 bridgehead atoms. The zero-order valence-electron chi connectivity index (χ0n) is 10.9. The van der Waals surface area contributed by atoms with Gasteiger partial charge in [0.15, 0.2) is 0 Å². The van der Waals surface area contributed by atoms with Crippen LogP contribution in [0.2, 0.25) is 0 Å². The fourth-order valence-corrected chi connectivity index (χ4v) is 2.65. The van der Waals surface area contributed by atoms with Crippen LogP contribution in [0.4, 0.5) is 0 Å². The summed E-state index contributed by atoms with van der Waals surface area (Å²) in [5, 5.41) is 6.52. The Morgan fingerprint density at radius 2 is 2.00 bits per heavy atom. The van der Waals surface area contributed by atoms with E-state index in [9.17, 15) is 0 Å². The molecule has 0 aliphatic heterocycles. The molecule has 0 spiro atoms. The lowest BCUT2D eigenvalue weighted by Crippen LogP contribution is -2.11. The number of nitrogens with zero attached hydrogens (tertiary/aromatic N) is 3. The maximum atomic E-state index is 5.26. The van der Waals surface area contributed by atoms with E-state index in [0.29, 0.717) is 5.76 Å². The van der Waals surface area contributed by atoms with Crippen LogP contribution in [0.5, 0.6) is 0 Å². The van der Waals surface area contributed by atoms with Crippen LogP contribution in [0.25, 0.3) is 11.3 Å². The lowest BCUT2D eigenvalue weighted by atomic mass is 10.2. The molecule has 0 saturated heterocycles. The molecular weight excluding hydrogens is 270 g/mol. The number of aromatic nitrogens is 1. The van der Waals surface area contributed by atoms with Crippen LogP contribution in [0.15, 0.2) is 68.6 Å². The Bertz CT molecular complexity index is 767. The van der Waals surface area contributed by atoms with Gasteiger partial charge in [-0.2, -0.15) is 5.10 Å². The molecule has 0 N–H and O–H groups in total. The molecule has 0 radical (unpaired) electrons. The van der Waals surface area contributed by atoms with Gasteiger partial charge < -0.3 is 4.42 Å². The molecule has 2 aromatic heterocycles. The predicted octanol–water partition coefficient (Wildman–Crippen LogP) is 3.22. The summed E-state index contributed by atoms with van der Waals surface area (Å²) in [4.78, 5) is 5.09. The molecule has 20 heavy (non-hydrogen) atoms. The Kier molecular flexibility index (Phi) is 3.60. The summed E-state index contributed by atoms with van der Waals surface area (Å²) in [5.74, 6) is 0.713. The number of thiazole rings is 1. The summed E-state index contributed by atoms with van der Waals surface area (Å²) in [6.45, 7) is 0. The van der Waals surface area contributed by atoms with E-state index < -0.39 is 0 Å². The van der Waals surface area contributed by atoms with Crippen molar-refractivity contribution in [3.8, 4) is 11.3 Å². The zero-order valence-corrected chi connectivity index (χ0v) is 11.7. The molecule has 0 unspecified atom stereocenters. The third-order valence-electron chi connectivity index (χ3n) is 2.79. The van der Waals surface area contributed by atoms with Gasteiger partial charge in [-0.25, -0.2) is 4.68 Å². The molecule has 5 heteroatoms. The summed E-state index contributed by atoms with van der Waals surface area (Å²) in [7, 11) is 1.76. The predicted molar refractivity (Wildman–Crippen MR) is 80.9 cm³/mol. The van der Waals surface area contributed by atoms with Crippen LogP contribution in [-0.2, 0) is 0 Å². The third-order valence-corrected chi connectivity index (χ3v) is 3.70. The first-order chi connectivity index (χ1) is 9.88. The lowest BCUT2D eigenvalue weighted by molar-refractivity contribution is 0.559. The molecule has 2 heterocycles.